The van der Waals surface area contributed by atoms with Gasteiger partial charge in [-0.25, -0.2) is 0 Å². The molecular weight excluding hydrogens is 354 g/mol. The summed E-state index contributed by atoms with van der Waals surface area (Å²) in [5.41, 5.74) is 0.372. The van der Waals surface area contributed by atoms with E-state index in [0.29, 0.717) is 24.1 Å². The molecule has 6 heteroatoms. The van der Waals surface area contributed by atoms with Gasteiger partial charge in [0, 0.05) is 36.5 Å². The van der Waals surface area contributed by atoms with E-state index in [2.05, 4.69) is 36.1 Å². The molecule has 1 aromatic heterocycles. The summed E-state index contributed by atoms with van der Waals surface area (Å²) in [5, 5.41) is 7.08. The van der Waals surface area contributed by atoms with Gasteiger partial charge >= 0.3 is 0 Å². The molecule has 3 aliphatic rings. The van der Waals surface area contributed by atoms with Crippen molar-refractivity contribution in [1.82, 2.24) is 15.4 Å². The van der Waals surface area contributed by atoms with Crippen molar-refractivity contribution in [3.8, 4) is 0 Å². The van der Waals surface area contributed by atoms with Crippen LogP contribution in [0.3, 0.4) is 0 Å². The minimum Gasteiger partial charge on any atom is -0.360 e. The van der Waals surface area contributed by atoms with Crippen LogP contribution in [0.2, 0.25) is 0 Å². The van der Waals surface area contributed by atoms with Crippen LogP contribution in [0.4, 0.5) is 0 Å². The Morgan fingerprint density at radius 1 is 1.11 bits per heavy atom. The highest BCUT2D eigenvalue weighted by atomic mass is 16.5. The van der Waals surface area contributed by atoms with Gasteiger partial charge < -0.3 is 14.7 Å². The van der Waals surface area contributed by atoms with Crippen LogP contribution in [0.15, 0.2) is 10.6 Å². The van der Waals surface area contributed by atoms with Crippen LogP contribution in [-0.4, -0.2) is 40.5 Å². The van der Waals surface area contributed by atoms with Crippen LogP contribution in [-0.2, 0) is 4.79 Å². The molecule has 3 unspecified atom stereocenters. The first kappa shape index (κ1) is 19.5. The van der Waals surface area contributed by atoms with Crippen LogP contribution in [0.1, 0.15) is 87.9 Å². The maximum atomic E-state index is 13.1. The van der Waals surface area contributed by atoms with Crippen LogP contribution in [0, 0.1) is 17.8 Å². The molecule has 3 atom stereocenters. The average molecular weight is 388 g/mol. The standard InChI is InChI=1S/C22H33N3O3/c1-13-4-6-17(7-5-13)22(27)25-12-14(2)18(10-15(25)3)23-21(26)19-11-20(28-24-19)16-8-9-16/h11,13-18H,4-10,12H2,1-3H3,(H,23,26). The second kappa shape index (κ2) is 7.88. The number of amides is 2. The SMILES string of the molecule is CC1CCC(C(=O)N2CC(C)C(NC(=O)c3cc(C4CC4)on3)CC2C)CC1. The van der Waals surface area contributed by atoms with Crippen molar-refractivity contribution in [2.24, 2.45) is 17.8 Å². The zero-order chi connectivity index (χ0) is 19.8. The number of piperidine rings is 1. The highest BCUT2D eigenvalue weighted by Gasteiger charge is 2.38. The van der Waals surface area contributed by atoms with Crippen LogP contribution >= 0.6 is 0 Å². The van der Waals surface area contributed by atoms with Crippen molar-refractivity contribution in [3.63, 3.8) is 0 Å². The smallest absolute Gasteiger partial charge is 0.273 e. The van der Waals surface area contributed by atoms with Gasteiger partial charge in [0.1, 0.15) is 5.76 Å². The molecule has 0 radical (unpaired) electrons. The summed E-state index contributed by atoms with van der Waals surface area (Å²) in [7, 11) is 0. The van der Waals surface area contributed by atoms with Crippen molar-refractivity contribution >= 4 is 11.8 Å². The predicted molar refractivity (Wildman–Crippen MR) is 106 cm³/mol. The van der Waals surface area contributed by atoms with Gasteiger partial charge in [0.2, 0.25) is 5.91 Å². The third-order valence-corrected chi connectivity index (χ3v) is 7.00. The first-order valence-corrected chi connectivity index (χ1v) is 11.0. The van der Waals surface area contributed by atoms with Gasteiger partial charge in [0.15, 0.2) is 5.69 Å². The second-order valence-corrected chi connectivity index (χ2v) is 9.48. The van der Waals surface area contributed by atoms with Crippen LogP contribution in [0.5, 0.6) is 0 Å². The van der Waals surface area contributed by atoms with Crippen molar-refractivity contribution < 1.29 is 14.1 Å². The summed E-state index contributed by atoms with van der Waals surface area (Å²) in [6.45, 7) is 7.22. The second-order valence-electron chi connectivity index (χ2n) is 9.48. The fourth-order valence-corrected chi connectivity index (χ4v) is 4.79. The molecule has 3 fully saturated rings. The number of nitrogens with zero attached hydrogens (tertiary/aromatic N) is 2. The van der Waals surface area contributed by atoms with E-state index in [4.69, 9.17) is 4.52 Å². The number of likely N-dealkylation sites (tertiary alicyclic amines) is 1. The van der Waals surface area contributed by atoms with Gasteiger partial charge in [-0.3, -0.25) is 9.59 Å². The lowest BCUT2D eigenvalue weighted by atomic mass is 9.81. The largest absolute Gasteiger partial charge is 0.360 e. The summed E-state index contributed by atoms with van der Waals surface area (Å²) in [6, 6.07) is 1.98. The summed E-state index contributed by atoms with van der Waals surface area (Å²) in [6.07, 6.45) is 7.39. The number of hydrogen-bond acceptors (Lipinski definition) is 4. The number of nitrogens with one attached hydrogen (secondary N) is 1. The third kappa shape index (κ3) is 4.11. The molecule has 0 aromatic carbocycles. The molecule has 1 saturated heterocycles. The number of hydrogen-bond donors (Lipinski definition) is 1. The van der Waals surface area contributed by atoms with E-state index < -0.39 is 0 Å². The maximum Gasteiger partial charge on any atom is 0.273 e. The van der Waals surface area contributed by atoms with Crippen molar-refractivity contribution in [3.05, 3.63) is 17.5 Å². The molecule has 6 nitrogen and oxygen atoms in total. The number of carbonyl (C=O) groups excluding carboxylic acids is 2. The first-order valence-electron chi connectivity index (χ1n) is 11.0. The molecule has 0 spiro atoms. The third-order valence-electron chi connectivity index (χ3n) is 7.00. The lowest BCUT2D eigenvalue weighted by Gasteiger charge is -2.43. The van der Waals surface area contributed by atoms with Crippen molar-refractivity contribution in [2.75, 3.05) is 6.54 Å². The molecule has 2 saturated carbocycles. The van der Waals surface area contributed by atoms with Gasteiger partial charge in [-0.2, -0.15) is 0 Å². The van der Waals surface area contributed by atoms with Crippen LogP contribution in [0.25, 0.3) is 0 Å². The average Bonchev–Trinajstić information content (AvgIpc) is 3.41. The minimum atomic E-state index is -0.166. The van der Waals surface area contributed by atoms with Gasteiger partial charge in [0.25, 0.3) is 5.91 Å². The Kier molecular flexibility index (Phi) is 5.48. The zero-order valence-corrected chi connectivity index (χ0v) is 17.3. The topological polar surface area (TPSA) is 75.4 Å². The maximum absolute atomic E-state index is 13.1. The summed E-state index contributed by atoms with van der Waals surface area (Å²) in [5.74, 6) is 2.59. The Labute approximate surface area is 167 Å². The highest BCUT2D eigenvalue weighted by molar-refractivity contribution is 5.92. The molecule has 2 amide bonds. The van der Waals surface area contributed by atoms with E-state index in [-0.39, 0.29) is 29.8 Å². The molecule has 2 heterocycles. The molecule has 2 aliphatic carbocycles. The molecule has 1 N–H and O–H groups in total. The lowest BCUT2D eigenvalue weighted by molar-refractivity contribution is -0.141. The molecule has 1 aliphatic heterocycles. The Bertz CT molecular complexity index is 718. The van der Waals surface area contributed by atoms with E-state index in [1.807, 2.05) is 0 Å². The predicted octanol–water partition coefficient (Wildman–Crippen LogP) is 3.73. The Balaban J connectivity index is 1.33. The number of carbonyl (C=O) groups is 2. The first-order chi connectivity index (χ1) is 13.4. The van der Waals surface area contributed by atoms with Gasteiger partial charge in [-0.05, 0) is 63.7 Å². The number of aromatic nitrogens is 1. The van der Waals surface area contributed by atoms with Crippen LogP contribution < -0.4 is 5.32 Å². The zero-order valence-electron chi connectivity index (χ0n) is 17.3. The quantitative estimate of drug-likeness (QED) is 0.854. The number of rotatable bonds is 4. The normalized spacial score (nSPS) is 33.5. The Morgan fingerprint density at radius 2 is 1.82 bits per heavy atom. The molecule has 0 bridgehead atoms. The van der Waals surface area contributed by atoms with E-state index in [1.54, 1.807) is 6.07 Å². The van der Waals surface area contributed by atoms with Gasteiger partial charge in [-0.15, -0.1) is 0 Å². The summed E-state index contributed by atoms with van der Waals surface area (Å²) < 4.78 is 5.31. The molecule has 154 valence electrons. The van der Waals surface area contributed by atoms with E-state index >= 15 is 0 Å². The molecular formula is C22H33N3O3. The monoisotopic (exact) mass is 387 g/mol. The fourth-order valence-electron chi connectivity index (χ4n) is 4.79. The van der Waals surface area contributed by atoms with Crippen molar-refractivity contribution in [2.45, 2.75) is 83.7 Å². The molecule has 1 aromatic rings. The Morgan fingerprint density at radius 3 is 2.50 bits per heavy atom. The lowest BCUT2D eigenvalue weighted by Crippen LogP contribution is -2.56. The van der Waals surface area contributed by atoms with Gasteiger partial charge in [0.05, 0.1) is 0 Å². The minimum absolute atomic E-state index is 0.0546. The van der Waals surface area contributed by atoms with Gasteiger partial charge in [-0.1, -0.05) is 19.0 Å². The van der Waals surface area contributed by atoms with Crippen molar-refractivity contribution in [1.29, 1.82) is 0 Å². The molecule has 4 rings (SSSR count). The molecule has 28 heavy (non-hydrogen) atoms. The summed E-state index contributed by atoms with van der Waals surface area (Å²) >= 11 is 0. The highest BCUT2D eigenvalue weighted by Crippen LogP contribution is 2.40. The van der Waals surface area contributed by atoms with E-state index in [1.165, 1.54) is 0 Å². The Hall–Kier alpha value is -1.85. The summed E-state index contributed by atoms with van der Waals surface area (Å²) in [4.78, 5) is 27.7. The van der Waals surface area contributed by atoms with E-state index in [9.17, 15) is 9.59 Å². The van der Waals surface area contributed by atoms with E-state index in [0.717, 1.165) is 56.6 Å². The fraction of sp³-hybridized carbons (Fsp3) is 0.773.